The number of halogens is 2. The fourth-order valence-corrected chi connectivity index (χ4v) is 2.89. The van der Waals surface area contributed by atoms with Crippen molar-refractivity contribution >= 4 is 50.1 Å². The number of benzene rings is 1. The Bertz CT molecular complexity index is 510. The van der Waals surface area contributed by atoms with Crippen molar-refractivity contribution in [1.29, 1.82) is 0 Å². The number of hydrogen-bond donors (Lipinski definition) is 2. The van der Waals surface area contributed by atoms with E-state index in [0.29, 0.717) is 17.1 Å². The first-order valence-electron chi connectivity index (χ1n) is 5.17. The van der Waals surface area contributed by atoms with Crippen molar-refractivity contribution in [3.05, 3.63) is 26.8 Å². The zero-order chi connectivity index (χ0) is 13.8. The standard InChI is InChI=1S/C10H14ClIN2O3S/c1-14(5-2-6-15)18(16,17)13-10-7-8(12)3-4-9(10)11/h3-4,7,13,15H,2,5-6H2,1H3. The second-order valence-electron chi connectivity index (χ2n) is 3.63. The van der Waals surface area contributed by atoms with Crippen molar-refractivity contribution in [2.24, 2.45) is 0 Å². The summed E-state index contributed by atoms with van der Waals surface area (Å²) in [6, 6.07) is 5.07. The zero-order valence-electron chi connectivity index (χ0n) is 9.73. The maximum atomic E-state index is 11.9. The van der Waals surface area contributed by atoms with Crippen molar-refractivity contribution in [3.8, 4) is 0 Å². The number of nitrogens with zero attached hydrogens (tertiary/aromatic N) is 1. The fraction of sp³-hybridized carbons (Fsp3) is 0.400. The highest BCUT2D eigenvalue weighted by molar-refractivity contribution is 14.1. The van der Waals surface area contributed by atoms with Gasteiger partial charge in [-0.25, -0.2) is 0 Å². The zero-order valence-corrected chi connectivity index (χ0v) is 13.5. The van der Waals surface area contributed by atoms with Gasteiger partial charge in [0.1, 0.15) is 0 Å². The molecule has 0 saturated carbocycles. The van der Waals surface area contributed by atoms with Crippen LogP contribution < -0.4 is 4.72 Å². The summed E-state index contributed by atoms with van der Waals surface area (Å²) >= 11 is 8.00. The minimum Gasteiger partial charge on any atom is -0.396 e. The van der Waals surface area contributed by atoms with Crippen molar-refractivity contribution < 1.29 is 13.5 Å². The molecule has 0 amide bonds. The Kier molecular flexibility index (Phi) is 6.12. The van der Waals surface area contributed by atoms with E-state index < -0.39 is 10.2 Å². The highest BCUT2D eigenvalue weighted by Crippen LogP contribution is 2.25. The Balaban J connectivity index is 2.85. The molecule has 0 aliphatic heterocycles. The van der Waals surface area contributed by atoms with E-state index in [9.17, 15) is 8.42 Å². The van der Waals surface area contributed by atoms with Crippen LogP contribution in [0.15, 0.2) is 18.2 Å². The summed E-state index contributed by atoms with van der Waals surface area (Å²) in [5.41, 5.74) is 0.347. The van der Waals surface area contributed by atoms with Gasteiger partial charge in [0.25, 0.3) is 0 Å². The topological polar surface area (TPSA) is 69.6 Å². The molecule has 0 radical (unpaired) electrons. The quantitative estimate of drug-likeness (QED) is 0.712. The largest absolute Gasteiger partial charge is 0.396 e. The highest BCUT2D eigenvalue weighted by atomic mass is 127. The predicted octanol–water partition coefficient (Wildman–Crippen LogP) is 1.92. The molecule has 18 heavy (non-hydrogen) atoms. The summed E-state index contributed by atoms with van der Waals surface area (Å²) in [6.45, 7) is 0.192. The van der Waals surface area contributed by atoms with Gasteiger partial charge in [0, 0.05) is 23.8 Å². The summed E-state index contributed by atoms with van der Waals surface area (Å²) < 4.78 is 28.3. The Morgan fingerprint density at radius 3 is 2.78 bits per heavy atom. The predicted molar refractivity (Wildman–Crippen MR) is 81.0 cm³/mol. The van der Waals surface area contributed by atoms with Crippen LogP contribution in [-0.2, 0) is 10.2 Å². The molecule has 0 unspecified atom stereocenters. The number of rotatable bonds is 6. The molecule has 1 rings (SSSR count). The average molecular weight is 405 g/mol. The number of aliphatic hydroxyl groups is 1. The van der Waals surface area contributed by atoms with Gasteiger partial charge < -0.3 is 5.11 Å². The normalized spacial score (nSPS) is 11.8. The number of anilines is 1. The van der Waals surface area contributed by atoms with Crippen LogP contribution in [0.2, 0.25) is 5.02 Å². The van der Waals surface area contributed by atoms with Gasteiger partial charge in [0.2, 0.25) is 0 Å². The van der Waals surface area contributed by atoms with Crippen molar-refractivity contribution in [1.82, 2.24) is 4.31 Å². The molecular formula is C10H14ClIN2O3S. The number of nitrogens with one attached hydrogen (secondary N) is 1. The molecule has 1 aromatic rings. The maximum absolute atomic E-state index is 11.9. The SMILES string of the molecule is CN(CCCO)S(=O)(=O)Nc1cc(I)ccc1Cl. The first-order chi connectivity index (χ1) is 8.36. The summed E-state index contributed by atoms with van der Waals surface area (Å²) in [5.74, 6) is 0. The molecule has 0 fully saturated rings. The van der Waals surface area contributed by atoms with E-state index in [1.54, 1.807) is 18.2 Å². The Labute approximate surface area is 125 Å². The second-order valence-corrected chi connectivity index (χ2v) is 7.06. The Morgan fingerprint density at radius 1 is 1.50 bits per heavy atom. The number of aliphatic hydroxyl groups excluding tert-OH is 1. The Hall–Kier alpha value is -0.0900. The van der Waals surface area contributed by atoms with E-state index in [0.717, 1.165) is 7.88 Å². The van der Waals surface area contributed by atoms with Crippen LogP contribution in [0.5, 0.6) is 0 Å². The lowest BCUT2D eigenvalue weighted by molar-refractivity contribution is 0.276. The van der Waals surface area contributed by atoms with E-state index in [4.69, 9.17) is 16.7 Å². The van der Waals surface area contributed by atoms with Crippen molar-refractivity contribution in [3.63, 3.8) is 0 Å². The van der Waals surface area contributed by atoms with Gasteiger partial charge in [-0.1, -0.05) is 11.6 Å². The summed E-state index contributed by atoms with van der Waals surface area (Å²) in [7, 11) is -2.20. The average Bonchev–Trinajstić information content (AvgIpc) is 2.30. The molecule has 0 aliphatic rings. The van der Waals surface area contributed by atoms with E-state index in [2.05, 4.69) is 27.3 Å². The minimum atomic E-state index is -3.64. The van der Waals surface area contributed by atoms with Gasteiger partial charge in [-0.3, -0.25) is 4.72 Å². The van der Waals surface area contributed by atoms with Crippen LogP contribution in [0.4, 0.5) is 5.69 Å². The van der Waals surface area contributed by atoms with Crippen LogP contribution in [0.3, 0.4) is 0 Å². The van der Waals surface area contributed by atoms with Gasteiger partial charge in [-0.2, -0.15) is 12.7 Å². The smallest absolute Gasteiger partial charge is 0.301 e. The number of hydrogen-bond acceptors (Lipinski definition) is 3. The molecular weight excluding hydrogens is 391 g/mol. The molecule has 102 valence electrons. The summed E-state index contributed by atoms with van der Waals surface area (Å²) in [6.07, 6.45) is 0.386. The van der Waals surface area contributed by atoms with Crippen LogP contribution in [-0.4, -0.2) is 38.0 Å². The first-order valence-corrected chi connectivity index (χ1v) is 8.06. The monoisotopic (exact) mass is 404 g/mol. The van der Waals surface area contributed by atoms with Gasteiger partial charge in [-0.05, 0) is 47.2 Å². The minimum absolute atomic E-state index is 0.0517. The molecule has 0 bridgehead atoms. The third-order valence-corrected chi connectivity index (χ3v) is 4.69. The molecule has 0 heterocycles. The maximum Gasteiger partial charge on any atom is 0.301 e. The lowest BCUT2D eigenvalue weighted by atomic mass is 10.3. The molecule has 8 heteroatoms. The molecule has 0 atom stereocenters. The molecule has 0 spiro atoms. The highest BCUT2D eigenvalue weighted by Gasteiger charge is 2.18. The lowest BCUT2D eigenvalue weighted by Gasteiger charge is -2.18. The third kappa shape index (κ3) is 4.54. The van der Waals surface area contributed by atoms with Crippen molar-refractivity contribution in [2.75, 3.05) is 24.9 Å². The molecule has 2 N–H and O–H groups in total. The summed E-state index contributed by atoms with van der Waals surface area (Å²) in [4.78, 5) is 0. The van der Waals surface area contributed by atoms with Gasteiger partial charge in [-0.15, -0.1) is 0 Å². The molecule has 0 aliphatic carbocycles. The van der Waals surface area contributed by atoms with Gasteiger partial charge >= 0.3 is 10.2 Å². The fourth-order valence-electron chi connectivity index (χ4n) is 1.21. The van der Waals surface area contributed by atoms with Crippen molar-refractivity contribution in [2.45, 2.75) is 6.42 Å². The van der Waals surface area contributed by atoms with Gasteiger partial charge in [0.15, 0.2) is 0 Å². The first kappa shape index (κ1) is 16.0. The van der Waals surface area contributed by atoms with E-state index in [-0.39, 0.29) is 13.2 Å². The van der Waals surface area contributed by atoms with Crippen LogP contribution in [0.25, 0.3) is 0 Å². The van der Waals surface area contributed by atoms with E-state index in [1.165, 1.54) is 7.05 Å². The lowest BCUT2D eigenvalue weighted by Crippen LogP contribution is -2.33. The molecule has 1 aromatic carbocycles. The second kappa shape index (κ2) is 6.90. The van der Waals surface area contributed by atoms with Crippen LogP contribution in [0, 0.1) is 3.57 Å². The third-order valence-electron chi connectivity index (χ3n) is 2.21. The van der Waals surface area contributed by atoms with Crippen LogP contribution >= 0.6 is 34.2 Å². The molecule has 0 aromatic heterocycles. The van der Waals surface area contributed by atoms with Crippen LogP contribution in [0.1, 0.15) is 6.42 Å². The Morgan fingerprint density at radius 2 is 2.17 bits per heavy atom. The van der Waals surface area contributed by atoms with E-state index >= 15 is 0 Å². The van der Waals surface area contributed by atoms with E-state index in [1.807, 2.05) is 0 Å². The molecule has 5 nitrogen and oxygen atoms in total. The van der Waals surface area contributed by atoms with Gasteiger partial charge in [0.05, 0.1) is 10.7 Å². The molecule has 0 saturated heterocycles. The summed E-state index contributed by atoms with van der Waals surface area (Å²) in [5, 5.41) is 9.03.